The van der Waals surface area contributed by atoms with Gasteiger partial charge in [-0.1, -0.05) is 37.4 Å². The van der Waals surface area contributed by atoms with Crippen LogP contribution in [0.2, 0.25) is 0 Å². The molecule has 0 saturated carbocycles. The standard InChI is InChI=1S/C21H17N5O.C20H13N5O.CH3.BrH.Mg/c1-21(2,27)17-8-4-7-16(25-17)20-15(6-5-11-23-20)14-9-10-18-24-12-19(22-3)26(18)13-14;1-13(26)16-6-3-7-17(24-16)20-15(5-4-10-22-20)14-8-9-18-23-11-19(21-2)25(18)12-14;;;/h4-13,27H,1-2H3;3-12H,1H3;1H3;1H;/q;;-1;;+2/p-1. The molecular weight excluding hydrogens is 781 g/mol. The summed E-state index contributed by atoms with van der Waals surface area (Å²) in [4.78, 5) is 45.2. The Hall–Kier alpha value is -6.16. The van der Waals surface area contributed by atoms with Crippen molar-refractivity contribution in [3.8, 4) is 45.0 Å². The number of Topliss-reactive ketones (excluding diaryl/α,β-unsaturated/α-hetero) is 1. The summed E-state index contributed by atoms with van der Waals surface area (Å²) in [7, 11) is 0. The van der Waals surface area contributed by atoms with Gasteiger partial charge in [0.1, 0.15) is 11.3 Å². The number of hydrogen-bond donors (Lipinski definition) is 1. The van der Waals surface area contributed by atoms with Crippen molar-refractivity contribution >= 4 is 51.8 Å². The fourth-order valence-electron chi connectivity index (χ4n) is 5.77. The predicted molar refractivity (Wildman–Crippen MR) is 213 cm³/mol. The Morgan fingerprint density at radius 1 is 0.679 bits per heavy atom. The Balaban J connectivity index is 0.000000236. The number of carbonyl (C=O) groups excluding carboxylic acids is 1. The Bertz CT molecular complexity index is 2760. The molecule has 14 heteroatoms. The third-order valence-corrected chi connectivity index (χ3v) is 8.41. The van der Waals surface area contributed by atoms with E-state index < -0.39 is 5.60 Å². The first-order valence-corrected chi connectivity index (χ1v) is 16.4. The molecule has 56 heavy (non-hydrogen) atoms. The number of imidazole rings is 2. The molecule has 0 unspecified atom stereocenters. The van der Waals surface area contributed by atoms with E-state index in [1.54, 1.807) is 65.6 Å². The molecule has 0 fully saturated rings. The average molecular weight is 814 g/mol. The largest absolute Gasteiger partial charge is 2.00 e. The minimum absolute atomic E-state index is 0. The first kappa shape index (κ1) is 42.6. The van der Waals surface area contributed by atoms with E-state index in [-0.39, 0.29) is 53.2 Å². The van der Waals surface area contributed by atoms with E-state index in [0.717, 1.165) is 27.9 Å². The van der Waals surface area contributed by atoms with Crippen LogP contribution in [0.3, 0.4) is 0 Å². The molecule has 0 bridgehead atoms. The Kier molecular flexibility index (Phi) is 13.7. The molecule has 8 heterocycles. The summed E-state index contributed by atoms with van der Waals surface area (Å²) in [6, 6.07) is 26.1. The molecule has 0 aliphatic carbocycles. The monoisotopic (exact) mass is 812 g/mol. The zero-order valence-electron chi connectivity index (χ0n) is 31.0. The fraction of sp³-hybridized carbons (Fsp3) is 0.0952. The van der Waals surface area contributed by atoms with Crippen LogP contribution in [-0.2, 0) is 5.60 Å². The van der Waals surface area contributed by atoms with E-state index >= 15 is 0 Å². The molecule has 8 rings (SSSR count). The third-order valence-electron chi connectivity index (χ3n) is 8.41. The number of aliphatic hydroxyl groups is 1. The summed E-state index contributed by atoms with van der Waals surface area (Å²) in [5, 5.41) is 10.3. The second-order valence-corrected chi connectivity index (χ2v) is 12.5. The van der Waals surface area contributed by atoms with Gasteiger partial charge in [-0.15, -0.1) is 0 Å². The van der Waals surface area contributed by atoms with Gasteiger partial charge in [-0.05, 0) is 62.4 Å². The van der Waals surface area contributed by atoms with Crippen molar-refractivity contribution in [3.05, 3.63) is 164 Å². The molecule has 272 valence electrons. The minimum Gasteiger partial charge on any atom is -1.00 e. The topological polar surface area (TPSA) is 132 Å². The molecule has 8 aromatic rings. The molecule has 12 nitrogen and oxygen atoms in total. The summed E-state index contributed by atoms with van der Waals surface area (Å²) in [6.45, 7) is 19.5. The van der Waals surface area contributed by atoms with E-state index in [9.17, 15) is 9.90 Å². The maximum atomic E-state index is 11.6. The van der Waals surface area contributed by atoms with Crippen LogP contribution in [-0.4, -0.2) is 72.6 Å². The summed E-state index contributed by atoms with van der Waals surface area (Å²) in [6.07, 6.45) is 10.3. The van der Waals surface area contributed by atoms with Crippen LogP contribution in [0.4, 0.5) is 11.6 Å². The van der Waals surface area contributed by atoms with Crippen LogP contribution in [0.25, 0.3) is 66.0 Å². The van der Waals surface area contributed by atoms with Gasteiger partial charge in [0.05, 0.1) is 53.3 Å². The summed E-state index contributed by atoms with van der Waals surface area (Å²) < 4.78 is 3.51. The molecule has 8 aromatic heterocycles. The van der Waals surface area contributed by atoms with Crippen molar-refractivity contribution in [1.82, 2.24) is 38.7 Å². The molecule has 0 aromatic carbocycles. The number of ketones is 1. The normalized spacial score (nSPS) is 10.5. The van der Waals surface area contributed by atoms with Crippen LogP contribution < -0.4 is 17.0 Å². The number of fused-ring (bicyclic) bond motifs is 2. The van der Waals surface area contributed by atoms with Gasteiger partial charge in [0.2, 0.25) is 11.3 Å². The molecule has 0 aliphatic rings. The zero-order chi connectivity index (χ0) is 37.1. The van der Waals surface area contributed by atoms with Crippen molar-refractivity contribution in [2.24, 2.45) is 0 Å². The molecule has 1 N–H and O–H groups in total. The number of aromatic nitrogens is 8. The molecular formula is C42H33BrMgN10O2. The van der Waals surface area contributed by atoms with Gasteiger partial charge < -0.3 is 39.2 Å². The van der Waals surface area contributed by atoms with E-state index in [1.807, 2.05) is 79.1 Å². The van der Waals surface area contributed by atoms with Crippen LogP contribution in [0.15, 0.2) is 122 Å². The maximum Gasteiger partial charge on any atom is 2.00 e. The first-order valence-electron chi connectivity index (χ1n) is 16.4. The maximum absolute atomic E-state index is 11.6. The van der Waals surface area contributed by atoms with Crippen LogP contribution >= 0.6 is 0 Å². The number of nitrogens with zero attached hydrogens (tertiary/aromatic N) is 10. The van der Waals surface area contributed by atoms with E-state index in [4.69, 9.17) is 13.1 Å². The van der Waals surface area contributed by atoms with Crippen molar-refractivity contribution < 1.29 is 26.9 Å². The zero-order valence-corrected chi connectivity index (χ0v) is 34.0. The molecule has 0 aliphatic heterocycles. The van der Waals surface area contributed by atoms with Gasteiger partial charge >= 0.3 is 23.1 Å². The second-order valence-electron chi connectivity index (χ2n) is 12.5. The van der Waals surface area contributed by atoms with Gasteiger partial charge in [0.15, 0.2) is 5.78 Å². The summed E-state index contributed by atoms with van der Waals surface area (Å²) in [5.41, 5.74) is 7.64. The predicted octanol–water partition coefficient (Wildman–Crippen LogP) is 5.52. The molecule has 0 amide bonds. The van der Waals surface area contributed by atoms with Crippen LogP contribution in [0, 0.1) is 20.6 Å². The first-order chi connectivity index (χ1) is 25.6. The molecule has 0 spiro atoms. The third kappa shape index (κ3) is 8.70. The number of pyridine rings is 6. The fourth-order valence-corrected chi connectivity index (χ4v) is 5.77. The smallest absolute Gasteiger partial charge is 1.00 e. The summed E-state index contributed by atoms with van der Waals surface area (Å²) >= 11 is 0. The second kappa shape index (κ2) is 18.0. The van der Waals surface area contributed by atoms with Crippen molar-refractivity contribution in [1.29, 1.82) is 0 Å². The number of rotatable bonds is 6. The SMILES string of the molecule is [Br-].[C-]#[N+]c1cnc2ccc(-c3cccnc3-c3cccc(C(C)(C)O)n3)cn12.[C-]#[N+]c1cnc2ccc(-c3cccnc3-c3cccc(C(C)=O)n3)cn12.[CH3-].[Mg+2]. The Morgan fingerprint density at radius 3 is 1.62 bits per heavy atom. The van der Waals surface area contributed by atoms with Gasteiger partial charge in [-0.25, -0.2) is 28.7 Å². The van der Waals surface area contributed by atoms with Crippen molar-refractivity contribution in [2.75, 3.05) is 0 Å². The molecule has 0 saturated heterocycles. The van der Waals surface area contributed by atoms with Crippen molar-refractivity contribution in [3.63, 3.8) is 0 Å². The van der Waals surface area contributed by atoms with Crippen LogP contribution in [0.1, 0.15) is 37.0 Å². The van der Waals surface area contributed by atoms with Gasteiger partial charge in [-0.3, -0.25) is 14.8 Å². The van der Waals surface area contributed by atoms with E-state index in [2.05, 4.69) is 39.6 Å². The van der Waals surface area contributed by atoms with Gasteiger partial charge in [0.25, 0.3) is 11.6 Å². The molecule has 0 atom stereocenters. The molecule has 0 radical (unpaired) electrons. The van der Waals surface area contributed by atoms with Crippen molar-refractivity contribution in [2.45, 2.75) is 26.4 Å². The Morgan fingerprint density at radius 2 is 1.16 bits per heavy atom. The number of carbonyl (C=O) groups is 1. The average Bonchev–Trinajstić information content (AvgIpc) is 3.81. The van der Waals surface area contributed by atoms with Crippen LogP contribution in [0.5, 0.6) is 0 Å². The quantitative estimate of drug-likeness (QED) is 0.132. The van der Waals surface area contributed by atoms with E-state index in [0.29, 0.717) is 51.4 Å². The number of hydrogen-bond acceptors (Lipinski definition) is 8. The van der Waals surface area contributed by atoms with Gasteiger partial charge in [0, 0.05) is 53.7 Å². The Labute approximate surface area is 350 Å². The van der Waals surface area contributed by atoms with E-state index in [1.165, 1.54) is 6.92 Å². The minimum atomic E-state index is -1.04. The number of halogens is 1. The summed E-state index contributed by atoms with van der Waals surface area (Å²) in [5.74, 6) is 0.814. The van der Waals surface area contributed by atoms with Gasteiger partial charge in [-0.2, -0.15) is 0 Å².